The molecule has 0 bridgehead atoms. The Morgan fingerprint density at radius 3 is 2.70 bits per heavy atom. The van der Waals surface area contributed by atoms with Gasteiger partial charge in [-0.3, -0.25) is 0 Å². The maximum Gasteiger partial charge on any atom is 0.209 e. The third kappa shape index (κ3) is 6.17. The van der Waals surface area contributed by atoms with Gasteiger partial charge in [-0.25, -0.2) is 9.07 Å². The topological polar surface area (TPSA) is 74.1 Å². The number of halogens is 1. The van der Waals surface area contributed by atoms with E-state index < -0.39 is 0 Å². The molecule has 9 heteroatoms. The zero-order valence-corrected chi connectivity index (χ0v) is 18.0. The van der Waals surface area contributed by atoms with Gasteiger partial charge in [-0.1, -0.05) is 42.1 Å². The molecule has 0 unspecified atom stereocenters. The molecule has 1 heterocycles. The van der Waals surface area contributed by atoms with Gasteiger partial charge in [0.1, 0.15) is 12.4 Å². The minimum atomic E-state index is -0.276. The van der Waals surface area contributed by atoms with E-state index in [1.807, 2.05) is 32.2 Å². The number of benzene rings is 2. The van der Waals surface area contributed by atoms with E-state index in [2.05, 4.69) is 20.8 Å². The summed E-state index contributed by atoms with van der Waals surface area (Å²) in [4.78, 5) is 0. The summed E-state index contributed by atoms with van der Waals surface area (Å²) in [5.74, 6) is 1.95. The Morgan fingerprint density at radius 2 is 1.93 bits per heavy atom. The Labute approximate surface area is 180 Å². The molecule has 2 aromatic carbocycles. The summed E-state index contributed by atoms with van der Waals surface area (Å²) in [6, 6.07) is 12.4. The molecule has 0 saturated carbocycles. The molecule has 0 aliphatic heterocycles. The lowest BCUT2D eigenvalue weighted by molar-refractivity contribution is 0.262. The van der Waals surface area contributed by atoms with Crippen molar-refractivity contribution < 1.29 is 13.9 Å². The quantitative estimate of drug-likeness (QED) is 0.347. The minimum absolute atomic E-state index is 0.145. The zero-order valence-electron chi connectivity index (χ0n) is 17.2. The summed E-state index contributed by atoms with van der Waals surface area (Å²) in [6.07, 6.45) is 0.966. The lowest BCUT2D eigenvalue weighted by atomic mass is 10.1. The van der Waals surface area contributed by atoms with Gasteiger partial charge in [0.05, 0.1) is 6.61 Å². The first-order chi connectivity index (χ1) is 14.7. The predicted octanol–water partition coefficient (Wildman–Crippen LogP) is 3.60. The highest BCUT2D eigenvalue weighted by Gasteiger charge is 2.12. The number of aryl methyl sites for hydroxylation is 1. The minimum Gasteiger partial charge on any atom is -0.490 e. The van der Waals surface area contributed by atoms with E-state index >= 15 is 0 Å². The van der Waals surface area contributed by atoms with Crippen LogP contribution in [0.1, 0.15) is 24.5 Å². The monoisotopic (exact) mass is 431 g/mol. The smallest absolute Gasteiger partial charge is 0.209 e. The number of aromatic nitrogens is 4. The van der Waals surface area contributed by atoms with Gasteiger partial charge in [-0.2, -0.15) is 0 Å². The Hall–Kier alpha value is -2.65. The fourth-order valence-electron chi connectivity index (χ4n) is 2.83. The van der Waals surface area contributed by atoms with Crippen LogP contribution in [0.5, 0.6) is 11.5 Å². The fraction of sp³-hybridized carbons (Fsp3) is 0.381. The molecular weight excluding hydrogens is 405 g/mol. The highest BCUT2D eigenvalue weighted by atomic mass is 32.2. The average Bonchev–Trinajstić information content (AvgIpc) is 3.16. The summed E-state index contributed by atoms with van der Waals surface area (Å²) in [5.41, 5.74) is 1.49. The first kappa shape index (κ1) is 22.0. The number of nitrogens with zero attached hydrogens (tertiary/aromatic N) is 4. The zero-order chi connectivity index (χ0) is 21.2. The fourth-order valence-corrected chi connectivity index (χ4v) is 3.61. The number of hydrogen-bond acceptors (Lipinski definition) is 7. The van der Waals surface area contributed by atoms with Crippen molar-refractivity contribution in [3.8, 4) is 11.5 Å². The van der Waals surface area contributed by atoms with Crippen LogP contribution in [-0.2, 0) is 20.2 Å². The lowest BCUT2D eigenvalue weighted by Gasteiger charge is -2.17. The van der Waals surface area contributed by atoms with Crippen LogP contribution in [0, 0.1) is 5.82 Å². The van der Waals surface area contributed by atoms with Gasteiger partial charge >= 0.3 is 0 Å². The van der Waals surface area contributed by atoms with Crippen molar-refractivity contribution in [1.29, 1.82) is 0 Å². The number of nitrogens with one attached hydrogen (secondary N) is 1. The van der Waals surface area contributed by atoms with Gasteiger partial charge in [0.25, 0.3) is 0 Å². The van der Waals surface area contributed by atoms with Crippen LogP contribution in [0.25, 0.3) is 0 Å². The van der Waals surface area contributed by atoms with Crippen LogP contribution in [0.4, 0.5) is 4.39 Å². The van der Waals surface area contributed by atoms with Crippen LogP contribution < -0.4 is 14.8 Å². The van der Waals surface area contributed by atoms with Crippen LogP contribution in [-0.4, -0.2) is 39.1 Å². The number of hydrogen-bond donors (Lipinski definition) is 1. The molecule has 3 aromatic rings. The third-order valence-corrected chi connectivity index (χ3v) is 5.41. The first-order valence-corrected chi connectivity index (χ1v) is 10.8. The van der Waals surface area contributed by atoms with Crippen LogP contribution in [0.15, 0.2) is 47.6 Å². The molecule has 160 valence electrons. The number of rotatable bonds is 12. The molecule has 7 nitrogen and oxygen atoms in total. The summed E-state index contributed by atoms with van der Waals surface area (Å²) in [6.45, 7) is 4.07. The summed E-state index contributed by atoms with van der Waals surface area (Å²) >= 11 is 1.63. The molecule has 1 N–H and O–H groups in total. The van der Waals surface area contributed by atoms with Crippen LogP contribution in [0.2, 0.25) is 0 Å². The number of ether oxygens (including phenoxy) is 2. The van der Waals surface area contributed by atoms with Gasteiger partial charge in [-0.05, 0) is 42.4 Å². The van der Waals surface area contributed by atoms with Crippen molar-refractivity contribution in [2.45, 2.75) is 31.7 Å². The molecule has 0 fully saturated rings. The van der Waals surface area contributed by atoms with E-state index in [1.54, 1.807) is 34.6 Å². The maximum atomic E-state index is 14.0. The summed E-state index contributed by atoms with van der Waals surface area (Å²) in [5, 5.41) is 15.7. The summed E-state index contributed by atoms with van der Waals surface area (Å²) in [7, 11) is 1.83. The Morgan fingerprint density at radius 1 is 1.10 bits per heavy atom. The van der Waals surface area contributed by atoms with Gasteiger partial charge < -0.3 is 14.8 Å². The SMILES string of the molecule is CCOc1cccc(CNCCCSc2nnnn2C)c1OCc1ccccc1F. The van der Waals surface area contributed by atoms with E-state index in [-0.39, 0.29) is 12.4 Å². The number of thioether (sulfide) groups is 1. The van der Waals surface area contributed by atoms with Crippen molar-refractivity contribution in [3.05, 3.63) is 59.4 Å². The molecule has 0 aliphatic rings. The van der Waals surface area contributed by atoms with E-state index in [1.165, 1.54) is 6.07 Å². The van der Waals surface area contributed by atoms with E-state index in [0.29, 0.717) is 30.2 Å². The van der Waals surface area contributed by atoms with E-state index in [4.69, 9.17) is 9.47 Å². The molecule has 0 saturated heterocycles. The molecule has 0 aliphatic carbocycles. The largest absolute Gasteiger partial charge is 0.490 e. The van der Waals surface area contributed by atoms with Crippen molar-refractivity contribution >= 4 is 11.8 Å². The van der Waals surface area contributed by atoms with Gasteiger partial charge in [0, 0.05) is 30.5 Å². The van der Waals surface area contributed by atoms with Crippen molar-refractivity contribution in [1.82, 2.24) is 25.5 Å². The average molecular weight is 432 g/mol. The Balaban J connectivity index is 1.54. The molecule has 3 rings (SSSR count). The molecular formula is C21H26FN5O2S. The number of tetrazole rings is 1. The molecule has 1 aromatic heterocycles. The second-order valence-corrected chi connectivity index (χ2v) is 7.58. The number of para-hydroxylation sites is 1. The lowest BCUT2D eigenvalue weighted by Crippen LogP contribution is -2.16. The normalized spacial score (nSPS) is 10.9. The Kier molecular flexibility index (Phi) is 8.46. The van der Waals surface area contributed by atoms with Gasteiger partial charge in [0.15, 0.2) is 11.5 Å². The van der Waals surface area contributed by atoms with Crippen LogP contribution in [0.3, 0.4) is 0 Å². The first-order valence-electron chi connectivity index (χ1n) is 9.85. The molecule has 0 radical (unpaired) electrons. The molecule has 30 heavy (non-hydrogen) atoms. The van der Waals surface area contributed by atoms with Gasteiger partial charge in [-0.15, -0.1) is 5.10 Å². The second-order valence-electron chi connectivity index (χ2n) is 6.52. The molecule has 0 amide bonds. The summed E-state index contributed by atoms with van der Waals surface area (Å²) < 4.78 is 27.3. The highest BCUT2D eigenvalue weighted by molar-refractivity contribution is 7.99. The molecule has 0 atom stereocenters. The van der Waals surface area contributed by atoms with Gasteiger partial charge in [0.2, 0.25) is 5.16 Å². The molecule has 0 spiro atoms. The maximum absolute atomic E-state index is 14.0. The van der Waals surface area contributed by atoms with E-state index in [9.17, 15) is 4.39 Å². The van der Waals surface area contributed by atoms with Crippen molar-refractivity contribution in [2.75, 3.05) is 18.9 Å². The van der Waals surface area contributed by atoms with Crippen molar-refractivity contribution in [3.63, 3.8) is 0 Å². The Bertz CT molecular complexity index is 937. The van der Waals surface area contributed by atoms with E-state index in [0.717, 1.165) is 29.4 Å². The van der Waals surface area contributed by atoms with Crippen LogP contribution >= 0.6 is 11.8 Å². The highest BCUT2D eigenvalue weighted by Crippen LogP contribution is 2.32. The standard InChI is InChI=1S/C21H26FN5O2S/c1-3-28-19-11-6-9-16(20(19)29-15-17-8-4-5-10-18(17)22)14-23-12-7-13-30-21-24-25-26-27(21)2/h4-6,8-11,23H,3,7,12-15H2,1-2H3. The second kappa shape index (κ2) is 11.5. The predicted molar refractivity (Wildman–Crippen MR) is 114 cm³/mol. The third-order valence-electron chi connectivity index (χ3n) is 4.32. The van der Waals surface area contributed by atoms with Crippen molar-refractivity contribution in [2.24, 2.45) is 7.05 Å².